The van der Waals surface area contributed by atoms with Gasteiger partial charge in [-0.2, -0.15) is 4.98 Å². The molecule has 17 heavy (non-hydrogen) atoms. The maximum absolute atomic E-state index is 5.94. The second kappa shape index (κ2) is 4.85. The predicted molar refractivity (Wildman–Crippen MR) is 69.1 cm³/mol. The summed E-state index contributed by atoms with van der Waals surface area (Å²) in [4.78, 5) is 5.88. The molecule has 0 radical (unpaired) electrons. The lowest BCUT2D eigenvalue weighted by atomic mass is 10.2. The summed E-state index contributed by atoms with van der Waals surface area (Å²) in [5, 5.41) is 7.60. The zero-order valence-electron chi connectivity index (χ0n) is 9.35. The van der Waals surface area contributed by atoms with E-state index in [-0.39, 0.29) is 10.4 Å². The summed E-state index contributed by atoms with van der Waals surface area (Å²) in [7, 11) is 1.85. The molecule has 0 saturated carbocycles. The van der Waals surface area contributed by atoms with E-state index in [1.54, 1.807) is 0 Å². The lowest BCUT2D eigenvalue weighted by Crippen LogP contribution is -2.13. The maximum Gasteiger partial charge on any atom is 0.245 e. The number of aryl methyl sites for hydroxylation is 1. The number of hydrogen-bond acceptors (Lipinski definition) is 4. The van der Waals surface area contributed by atoms with E-state index in [0.29, 0.717) is 5.82 Å². The lowest BCUT2D eigenvalue weighted by molar-refractivity contribution is 0.949. The number of benzene rings is 1. The maximum atomic E-state index is 5.94. The first-order valence-corrected chi connectivity index (χ1v) is 5.69. The first-order valence-electron chi connectivity index (χ1n) is 4.94. The number of rotatable bonds is 2. The molecular weight excluding hydrogens is 259 g/mol. The van der Waals surface area contributed by atoms with Crippen LogP contribution in [0.3, 0.4) is 0 Å². The monoisotopic (exact) mass is 268 g/mol. The van der Waals surface area contributed by atoms with E-state index >= 15 is 0 Å². The number of halogens is 2. The number of anilines is 2. The van der Waals surface area contributed by atoms with Crippen LogP contribution in [0.1, 0.15) is 5.56 Å². The zero-order chi connectivity index (χ0) is 12.4. The van der Waals surface area contributed by atoms with Crippen molar-refractivity contribution in [3.05, 3.63) is 40.3 Å². The van der Waals surface area contributed by atoms with Crippen LogP contribution < -0.4 is 4.90 Å². The Hall–Kier alpha value is -1.39. The van der Waals surface area contributed by atoms with Crippen LogP contribution in [-0.4, -0.2) is 22.2 Å². The van der Waals surface area contributed by atoms with Gasteiger partial charge in [0.1, 0.15) is 0 Å². The number of hydrogen-bond donors (Lipinski definition) is 0. The summed E-state index contributed by atoms with van der Waals surface area (Å²) in [6.45, 7) is 2.02. The van der Waals surface area contributed by atoms with Crippen LogP contribution in [0.2, 0.25) is 10.4 Å². The molecule has 0 spiro atoms. The number of aromatic nitrogens is 3. The zero-order valence-corrected chi connectivity index (χ0v) is 10.9. The Morgan fingerprint density at radius 1 is 1.18 bits per heavy atom. The molecule has 0 amide bonds. The third-order valence-electron chi connectivity index (χ3n) is 2.31. The molecule has 1 heterocycles. The first kappa shape index (κ1) is 12.1. The Kier molecular flexibility index (Phi) is 3.45. The molecule has 0 aliphatic carbocycles. The molecule has 4 nitrogen and oxygen atoms in total. The van der Waals surface area contributed by atoms with Crippen LogP contribution in [0.5, 0.6) is 0 Å². The Labute approximate surface area is 109 Å². The van der Waals surface area contributed by atoms with Gasteiger partial charge in [0.05, 0.1) is 0 Å². The van der Waals surface area contributed by atoms with Crippen molar-refractivity contribution in [3.8, 4) is 0 Å². The van der Waals surface area contributed by atoms with Crippen molar-refractivity contribution in [3.63, 3.8) is 0 Å². The molecule has 88 valence electrons. The van der Waals surface area contributed by atoms with E-state index in [0.717, 1.165) is 11.3 Å². The van der Waals surface area contributed by atoms with Crippen LogP contribution in [0.15, 0.2) is 24.3 Å². The van der Waals surface area contributed by atoms with Crippen LogP contribution in [0.25, 0.3) is 0 Å². The van der Waals surface area contributed by atoms with Gasteiger partial charge in [-0.1, -0.05) is 23.7 Å². The number of nitrogens with zero attached hydrogens (tertiary/aromatic N) is 4. The molecule has 0 aliphatic rings. The van der Waals surface area contributed by atoms with Crippen molar-refractivity contribution in [1.29, 1.82) is 0 Å². The van der Waals surface area contributed by atoms with Gasteiger partial charge in [0.15, 0.2) is 11.0 Å². The highest BCUT2D eigenvalue weighted by Crippen LogP contribution is 2.27. The van der Waals surface area contributed by atoms with Gasteiger partial charge in [0, 0.05) is 12.7 Å². The van der Waals surface area contributed by atoms with Gasteiger partial charge in [0.25, 0.3) is 0 Å². The minimum Gasteiger partial charge on any atom is -0.327 e. The summed E-state index contributed by atoms with van der Waals surface area (Å²) in [5.41, 5.74) is 2.11. The van der Waals surface area contributed by atoms with Gasteiger partial charge in [-0.15, -0.1) is 10.2 Å². The highest BCUT2D eigenvalue weighted by Gasteiger charge is 2.12. The van der Waals surface area contributed by atoms with Gasteiger partial charge >= 0.3 is 0 Å². The fourth-order valence-corrected chi connectivity index (χ4v) is 1.78. The van der Waals surface area contributed by atoms with E-state index in [4.69, 9.17) is 23.2 Å². The van der Waals surface area contributed by atoms with Crippen LogP contribution in [-0.2, 0) is 0 Å². The Bertz CT molecular complexity index is 545. The largest absolute Gasteiger partial charge is 0.327 e. The average Bonchev–Trinajstić information content (AvgIpc) is 2.31. The van der Waals surface area contributed by atoms with Crippen LogP contribution >= 0.6 is 23.2 Å². The molecule has 0 bridgehead atoms. The van der Waals surface area contributed by atoms with E-state index < -0.39 is 0 Å². The fourth-order valence-electron chi connectivity index (χ4n) is 1.46. The molecule has 0 N–H and O–H groups in total. The van der Waals surface area contributed by atoms with Gasteiger partial charge in [-0.25, -0.2) is 0 Å². The summed E-state index contributed by atoms with van der Waals surface area (Å²) in [5.74, 6) is 0.484. The van der Waals surface area contributed by atoms with Gasteiger partial charge in [0.2, 0.25) is 5.28 Å². The van der Waals surface area contributed by atoms with E-state index in [9.17, 15) is 0 Å². The predicted octanol–water partition coefficient (Wildman–Crippen LogP) is 3.25. The summed E-state index contributed by atoms with van der Waals surface area (Å²) >= 11 is 11.7. The summed E-state index contributed by atoms with van der Waals surface area (Å²) in [6.07, 6.45) is 0. The van der Waals surface area contributed by atoms with Crippen molar-refractivity contribution in [1.82, 2.24) is 15.2 Å². The Morgan fingerprint density at radius 3 is 2.65 bits per heavy atom. The van der Waals surface area contributed by atoms with E-state index in [1.165, 1.54) is 0 Å². The Morgan fingerprint density at radius 2 is 1.94 bits per heavy atom. The first-order chi connectivity index (χ1) is 8.08. The molecule has 1 aromatic heterocycles. The molecule has 6 heteroatoms. The molecule has 0 fully saturated rings. The van der Waals surface area contributed by atoms with Crippen molar-refractivity contribution < 1.29 is 0 Å². The van der Waals surface area contributed by atoms with Crippen molar-refractivity contribution in [2.24, 2.45) is 0 Å². The third kappa shape index (κ3) is 2.65. The lowest BCUT2D eigenvalue weighted by Gasteiger charge is -2.18. The van der Waals surface area contributed by atoms with Crippen molar-refractivity contribution in [2.75, 3.05) is 11.9 Å². The van der Waals surface area contributed by atoms with Gasteiger partial charge in [-0.3, -0.25) is 0 Å². The summed E-state index contributed by atoms with van der Waals surface area (Å²) < 4.78 is 0. The molecule has 2 rings (SSSR count). The highest BCUT2D eigenvalue weighted by molar-refractivity contribution is 6.32. The van der Waals surface area contributed by atoms with Crippen LogP contribution in [0.4, 0.5) is 11.5 Å². The quantitative estimate of drug-likeness (QED) is 0.839. The van der Waals surface area contributed by atoms with E-state index in [1.807, 2.05) is 43.1 Å². The molecule has 0 atom stereocenters. The fraction of sp³-hybridized carbons (Fsp3) is 0.182. The smallest absolute Gasteiger partial charge is 0.245 e. The van der Waals surface area contributed by atoms with Crippen LogP contribution in [0, 0.1) is 6.92 Å². The highest BCUT2D eigenvalue weighted by atomic mass is 35.5. The van der Waals surface area contributed by atoms with E-state index in [2.05, 4.69) is 15.2 Å². The molecule has 0 aliphatic heterocycles. The topological polar surface area (TPSA) is 41.9 Å². The molecular formula is C11H10Cl2N4. The minimum atomic E-state index is 0.0731. The van der Waals surface area contributed by atoms with Gasteiger partial charge in [-0.05, 0) is 36.2 Å². The normalized spacial score (nSPS) is 10.4. The standard InChI is InChI=1S/C11H10Cl2N4/c1-7-4-3-5-8(6-7)17(2)10-9(12)15-16-11(13)14-10/h3-6H,1-2H3. The third-order valence-corrected chi connectivity index (χ3v) is 2.71. The average molecular weight is 269 g/mol. The molecule has 1 aromatic carbocycles. The molecule has 0 saturated heterocycles. The molecule has 2 aromatic rings. The SMILES string of the molecule is Cc1cccc(N(C)c2nc(Cl)nnc2Cl)c1. The second-order valence-corrected chi connectivity index (χ2v) is 4.29. The van der Waals surface area contributed by atoms with Gasteiger partial charge < -0.3 is 4.90 Å². The Balaban J connectivity index is 2.43. The second-order valence-electron chi connectivity index (χ2n) is 3.59. The molecule has 0 unspecified atom stereocenters. The van der Waals surface area contributed by atoms with Crippen molar-refractivity contribution >= 4 is 34.7 Å². The minimum absolute atomic E-state index is 0.0731. The van der Waals surface area contributed by atoms with Crippen molar-refractivity contribution in [2.45, 2.75) is 6.92 Å². The summed E-state index contributed by atoms with van der Waals surface area (Å²) in [6, 6.07) is 7.96.